The average molecular weight is 183 g/mol. The molecule has 0 aliphatic rings. The summed E-state index contributed by atoms with van der Waals surface area (Å²) < 4.78 is 0. The highest BCUT2D eigenvalue weighted by Gasteiger charge is 2.12. The second-order valence-electron chi connectivity index (χ2n) is 4.19. The van der Waals surface area contributed by atoms with E-state index in [1.165, 1.54) is 5.56 Å². The summed E-state index contributed by atoms with van der Waals surface area (Å²) in [5.74, 6) is 5.19. The van der Waals surface area contributed by atoms with Crippen molar-refractivity contribution in [3.05, 3.63) is 35.4 Å². The second-order valence-corrected chi connectivity index (χ2v) is 4.19. The van der Waals surface area contributed by atoms with Gasteiger partial charge in [-0.15, -0.1) is 0 Å². The molecule has 14 heavy (non-hydrogen) atoms. The summed E-state index contributed by atoms with van der Waals surface area (Å²) >= 11 is 0. The van der Waals surface area contributed by atoms with Gasteiger partial charge in [-0.3, -0.25) is 0 Å². The zero-order valence-electron chi connectivity index (χ0n) is 8.76. The molecule has 0 heterocycles. The fourth-order valence-electron chi connectivity index (χ4n) is 1.16. The Morgan fingerprint density at radius 2 is 1.93 bits per heavy atom. The van der Waals surface area contributed by atoms with Crippen LogP contribution in [0.3, 0.4) is 0 Å². The van der Waals surface area contributed by atoms with Crippen molar-refractivity contribution in [2.75, 3.05) is 0 Å². The van der Waals surface area contributed by atoms with Gasteiger partial charge in [-0.25, -0.2) is 0 Å². The summed E-state index contributed by atoms with van der Waals surface area (Å²) in [4.78, 5) is 0. The molecule has 0 N–H and O–H groups in total. The van der Waals surface area contributed by atoms with E-state index in [2.05, 4.69) is 38.7 Å². The smallest absolute Gasteiger partial charge is 0.152 e. The Hall–Kier alpha value is -1.73. The van der Waals surface area contributed by atoms with Crippen molar-refractivity contribution in [2.45, 2.75) is 26.2 Å². The van der Waals surface area contributed by atoms with Crippen LogP contribution in [-0.4, -0.2) is 0 Å². The van der Waals surface area contributed by atoms with Crippen LogP contribution >= 0.6 is 0 Å². The summed E-state index contributed by atoms with van der Waals surface area (Å²) in [6.07, 6.45) is 0. The van der Waals surface area contributed by atoms with Gasteiger partial charge in [-0.2, -0.15) is 5.26 Å². The van der Waals surface area contributed by atoms with Crippen LogP contribution in [0.25, 0.3) is 0 Å². The summed E-state index contributed by atoms with van der Waals surface area (Å²) in [6.45, 7) is 6.47. The Balaban J connectivity index is 3.09. The SMILES string of the molecule is CC(C)(C)c1cccc(C#CC#N)c1. The molecule has 0 fully saturated rings. The van der Waals surface area contributed by atoms with Crippen LogP contribution in [0.2, 0.25) is 0 Å². The van der Waals surface area contributed by atoms with Crippen LogP contribution < -0.4 is 0 Å². The molecule has 0 atom stereocenters. The molecule has 0 saturated carbocycles. The van der Waals surface area contributed by atoms with Gasteiger partial charge in [0.1, 0.15) is 0 Å². The molecule has 1 aromatic rings. The van der Waals surface area contributed by atoms with Gasteiger partial charge in [0.15, 0.2) is 6.07 Å². The molecule has 1 heteroatoms. The molecule has 0 aliphatic carbocycles. The van der Waals surface area contributed by atoms with Gasteiger partial charge in [0.25, 0.3) is 0 Å². The monoisotopic (exact) mass is 183 g/mol. The highest BCUT2D eigenvalue weighted by atomic mass is 14.2. The molecule has 0 aromatic heterocycles. The van der Waals surface area contributed by atoms with Gasteiger partial charge in [-0.1, -0.05) is 38.8 Å². The van der Waals surface area contributed by atoms with Crippen molar-refractivity contribution >= 4 is 0 Å². The molecule has 1 rings (SSSR count). The van der Waals surface area contributed by atoms with Gasteiger partial charge in [0.2, 0.25) is 0 Å². The Labute approximate surface area is 85.4 Å². The molecule has 0 aliphatic heterocycles. The minimum absolute atomic E-state index is 0.129. The predicted molar refractivity (Wildman–Crippen MR) is 57.6 cm³/mol. The van der Waals surface area contributed by atoms with E-state index in [0.717, 1.165) is 5.56 Å². The quantitative estimate of drug-likeness (QED) is 0.567. The Kier molecular flexibility index (Phi) is 2.95. The average Bonchev–Trinajstić information content (AvgIpc) is 2.14. The van der Waals surface area contributed by atoms with Gasteiger partial charge in [0, 0.05) is 11.5 Å². The van der Waals surface area contributed by atoms with Crippen LogP contribution in [0.15, 0.2) is 24.3 Å². The minimum atomic E-state index is 0.129. The van der Waals surface area contributed by atoms with E-state index in [1.54, 1.807) is 0 Å². The largest absolute Gasteiger partial charge is 0.183 e. The minimum Gasteiger partial charge on any atom is -0.183 e. The van der Waals surface area contributed by atoms with Crippen molar-refractivity contribution in [1.29, 1.82) is 5.26 Å². The first-order chi connectivity index (χ1) is 6.54. The van der Waals surface area contributed by atoms with Crippen molar-refractivity contribution < 1.29 is 0 Å². The maximum absolute atomic E-state index is 8.33. The summed E-state index contributed by atoms with van der Waals surface area (Å²) in [7, 11) is 0. The standard InChI is InChI=1S/C13H13N/c1-13(2,3)12-8-4-6-11(10-12)7-5-9-14/h4,6,8,10H,1-3H3. The van der Waals surface area contributed by atoms with Gasteiger partial charge in [-0.05, 0) is 23.1 Å². The normalized spacial score (nSPS) is 9.86. The maximum atomic E-state index is 8.33. The van der Waals surface area contributed by atoms with E-state index < -0.39 is 0 Å². The topological polar surface area (TPSA) is 23.8 Å². The molecule has 0 bridgehead atoms. The van der Waals surface area contributed by atoms with Crippen LogP contribution in [0.5, 0.6) is 0 Å². The van der Waals surface area contributed by atoms with Crippen molar-refractivity contribution in [2.24, 2.45) is 0 Å². The van der Waals surface area contributed by atoms with E-state index in [4.69, 9.17) is 5.26 Å². The lowest BCUT2D eigenvalue weighted by atomic mass is 9.86. The highest BCUT2D eigenvalue weighted by molar-refractivity contribution is 5.41. The molecule has 0 saturated heterocycles. The van der Waals surface area contributed by atoms with Crippen molar-refractivity contribution in [3.8, 4) is 17.9 Å². The molecule has 0 spiro atoms. The summed E-state index contributed by atoms with van der Waals surface area (Å²) in [6, 6.07) is 9.82. The molecule has 70 valence electrons. The second kappa shape index (κ2) is 3.99. The molecule has 0 unspecified atom stereocenters. The lowest BCUT2D eigenvalue weighted by Crippen LogP contribution is -2.10. The van der Waals surface area contributed by atoms with Gasteiger partial charge in [0.05, 0.1) is 0 Å². The third kappa shape index (κ3) is 2.64. The predicted octanol–water partition coefficient (Wildman–Crippen LogP) is 2.86. The van der Waals surface area contributed by atoms with Crippen LogP contribution in [0.1, 0.15) is 31.9 Å². The summed E-state index contributed by atoms with van der Waals surface area (Å²) in [5, 5.41) is 8.33. The Bertz CT molecular complexity index is 419. The molecule has 0 radical (unpaired) electrons. The first kappa shape index (κ1) is 10.4. The molecular formula is C13H13N. The fourth-order valence-corrected chi connectivity index (χ4v) is 1.16. The Morgan fingerprint density at radius 3 is 2.50 bits per heavy atom. The zero-order chi connectivity index (χ0) is 10.6. The molecule has 0 amide bonds. The molecular weight excluding hydrogens is 170 g/mol. The van der Waals surface area contributed by atoms with Crippen LogP contribution in [0.4, 0.5) is 0 Å². The van der Waals surface area contributed by atoms with Crippen LogP contribution in [-0.2, 0) is 5.41 Å². The van der Waals surface area contributed by atoms with E-state index in [-0.39, 0.29) is 5.41 Å². The number of hydrogen-bond donors (Lipinski definition) is 0. The third-order valence-electron chi connectivity index (χ3n) is 1.99. The van der Waals surface area contributed by atoms with Gasteiger partial charge < -0.3 is 0 Å². The highest BCUT2D eigenvalue weighted by Crippen LogP contribution is 2.22. The fraction of sp³-hybridized carbons (Fsp3) is 0.308. The van der Waals surface area contributed by atoms with E-state index >= 15 is 0 Å². The first-order valence-corrected chi connectivity index (χ1v) is 4.54. The van der Waals surface area contributed by atoms with E-state index in [0.29, 0.717) is 0 Å². The molecule has 1 nitrogen and oxygen atoms in total. The van der Waals surface area contributed by atoms with Gasteiger partial charge >= 0.3 is 0 Å². The Morgan fingerprint density at radius 1 is 1.21 bits per heavy atom. The van der Waals surface area contributed by atoms with Crippen molar-refractivity contribution in [1.82, 2.24) is 0 Å². The number of rotatable bonds is 0. The number of benzene rings is 1. The van der Waals surface area contributed by atoms with E-state index in [9.17, 15) is 0 Å². The number of nitriles is 1. The lowest BCUT2D eigenvalue weighted by Gasteiger charge is -2.18. The third-order valence-corrected chi connectivity index (χ3v) is 1.99. The number of hydrogen-bond acceptors (Lipinski definition) is 1. The number of nitrogens with zero attached hydrogens (tertiary/aromatic N) is 1. The van der Waals surface area contributed by atoms with E-state index in [1.807, 2.05) is 24.3 Å². The molecule has 1 aromatic carbocycles. The maximum Gasteiger partial charge on any atom is 0.152 e. The van der Waals surface area contributed by atoms with Crippen molar-refractivity contribution in [3.63, 3.8) is 0 Å². The summed E-state index contributed by atoms with van der Waals surface area (Å²) in [5.41, 5.74) is 2.27. The lowest BCUT2D eigenvalue weighted by molar-refractivity contribution is 0.590. The first-order valence-electron chi connectivity index (χ1n) is 4.54. The van der Waals surface area contributed by atoms with Crippen LogP contribution in [0, 0.1) is 23.2 Å². The zero-order valence-corrected chi connectivity index (χ0v) is 8.76.